The number of sulfonamides is 1. The number of fused-ring (bicyclic) bond motifs is 1. The van der Waals surface area contributed by atoms with Gasteiger partial charge < -0.3 is 14.8 Å². The van der Waals surface area contributed by atoms with Gasteiger partial charge in [-0.3, -0.25) is 19.5 Å². The van der Waals surface area contributed by atoms with Crippen LogP contribution in [0.1, 0.15) is 29.3 Å². The Balaban J connectivity index is 1.39. The molecular weight excluding hydrogens is 542 g/mol. The number of ether oxygens (including phenoxy) is 2. The van der Waals surface area contributed by atoms with Crippen LogP contribution in [0.2, 0.25) is 0 Å². The number of amides is 1. The van der Waals surface area contributed by atoms with Gasteiger partial charge in [-0.1, -0.05) is 0 Å². The molecule has 3 N–H and O–H groups in total. The van der Waals surface area contributed by atoms with Crippen LogP contribution in [0.25, 0.3) is 22.0 Å². The number of anilines is 2. The van der Waals surface area contributed by atoms with Gasteiger partial charge in [0, 0.05) is 35.6 Å². The SMILES string of the molecule is COc1ncc(-c2cc(NC(=O)c3csc(CN4C[C@@H](C)O[C@@H](C)C4)n3)c3cn[nH]c3c2)cc1NS(C)(=O)=O. The molecule has 0 radical (unpaired) electrons. The van der Waals surface area contributed by atoms with Crippen molar-refractivity contribution in [3.05, 3.63) is 46.7 Å². The van der Waals surface area contributed by atoms with E-state index in [0.717, 1.165) is 29.7 Å². The van der Waals surface area contributed by atoms with E-state index in [9.17, 15) is 13.2 Å². The molecule has 1 amide bonds. The molecule has 0 unspecified atom stereocenters. The van der Waals surface area contributed by atoms with Crippen LogP contribution >= 0.6 is 11.3 Å². The summed E-state index contributed by atoms with van der Waals surface area (Å²) in [6, 6.07) is 5.25. The van der Waals surface area contributed by atoms with Crippen LogP contribution in [0, 0.1) is 0 Å². The minimum atomic E-state index is -3.56. The molecule has 1 fully saturated rings. The second-order valence-corrected chi connectivity index (χ2v) is 12.2. The number of aromatic amines is 1. The number of benzene rings is 1. The zero-order valence-corrected chi connectivity index (χ0v) is 23.5. The first kappa shape index (κ1) is 27.0. The summed E-state index contributed by atoms with van der Waals surface area (Å²) in [6.07, 6.45) is 4.55. The van der Waals surface area contributed by atoms with Crippen LogP contribution in [0.4, 0.5) is 11.4 Å². The first-order valence-corrected chi connectivity index (χ1v) is 15.0. The van der Waals surface area contributed by atoms with Gasteiger partial charge in [0.15, 0.2) is 0 Å². The summed E-state index contributed by atoms with van der Waals surface area (Å²) in [5.74, 6) is -0.200. The second kappa shape index (κ2) is 10.9. The molecule has 0 spiro atoms. The van der Waals surface area contributed by atoms with Crippen molar-refractivity contribution in [1.82, 2.24) is 25.1 Å². The molecule has 1 aliphatic rings. The Labute approximate surface area is 229 Å². The maximum absolute atomic E-state index is 13.2. The van der Waals surface area contributed by atoms with E-state index >= 15 is 0 Å². The van der Waals surface area contributed by atoms with E-state index in [0.29, 0.717) is 34.6 Å². The largest absolute Gasteiger partial charge is 0.480 e. The number of nitrogens with zero attached hydrogens (tertiary/aromatic N) is 4. The summed E-state index contributed by atoms with van der Waals surface area (Å²) < 4.78 is 37.1. The predicted octanol–water partition coefficient (Wildman–Crippen LogP) is 3.32. The minimum absolute atomic E-state index is 0.139. The van der Waals surface area contributed by atoms with Gasteiger partial charge in [-0.05, 0) is 37.6 Å². The summed E-state index contributed by atoms with van der Waals surface area (Å²) >= 11 is 1.45. The van der Waals surface area contributed by atoms with Crippen LogP contribution in [-0.2, 0) is 21.3 Å². The summed E-state index contributed by atoms with van der Waals surface area (Å²) in [5, 5.41) is 13.3. The Morgan fingerprint density at radius 1 is 1.18 bits per heavy atom. The van der Waals surface area contributed by atoms with Gasteiger partial charge in [0.2, 0.25) is 15.9 Å². The number of hydrogen-bond donors (Lipinski definition) is 3. The third-order valence-corrected chi connectivity index (χ3v) is 7.54. The molecule has 206 valence electrons. The highest BCUT2D eigenvalue weighted by Crippen LogP contribution is 2.33. The highest BCUT2D eigenvalue weighted by molar-refractivity contribution is 7.92. The van der Waals surface area contributed by atoms with Crippen LogP contribution in [0.15, 0.2) is 36.0 Å². The van der Waals surface area contributed by atoms with E-state index in [-0.39, 0.29) is 29.7 Å². The maximum Gasteiger partial charge on any atom is 0.275 e. The Morgan fingerprint density at radius 3 is 2.64 bits per heavy atom. The second-order valence-electron chi connectivity index (χ2n) is 9.54. The summed E-state index contributed by atoms with van der Waals surface area (Å²) in [4.78, 5) is 24.3. The van der Waals surface area contributed by atoms with Crippen molar-refractivity contribution in [1.29, 1.82) is 0 Å². The molecule has 14 heteroatoms. The molecular formula is C25H29N7O5S2. The van der Waals surface area contributed by atoms with E-state index in [4.69, 9.17) is 9.47 Å². The van der Waals surface area contributed by atoms with Crippen LogP contribution in [0.3, 0.4) is 0 Å². The molecule has 1 aromatic carbocycles. The highest BCUT2D eigenvalue weighted by atomic mass is 32.2. The predicted molar refractivity (Wildman–Crippen MR) is 150 cm³/mol. The van der Waals surface area contributed by atoms with Gasteiger partial charge in [0.1, 0.15) is 16.4 Å². The quantitative estimate of drug-likeness (QED) is 0.289. The van der Waals surface area contributed by atoms with Crippen molar-refractivity contribution in [2.24, 2.45) is 0 Å². The number of hydrogen-bond acceptors (Lipinski definition) is 10. The Hall–Kier alpha value is -3.59. The minimum Gasteiger partial charge on any atom is -0.480 e. The molecule has 1 saturated heterocycles. The number of carbonyl (C=O) groups is 1. The zero-order valence-electron chi connectivity index (χ0n) is 21.9. The lowest BCUT2D eigenvalue weighted by Crippen LogP contribution is -2.44. The van der Waals surface area contributed by atoms with Crippen molar-refractivity contribution in [3.8, 4) is 17.0 Å². The number of aromatic nitrogens is 4. The standard InChI is InChI=1S/C25H29N7O5S2/c1-14-10-32(11-15(2)37-14)12-23-28-22(13-38-23)24(33)29-19-5-16(6-20-18(19)9-27-30-20)17-7-21(31-39(4,34)35)25(36-3)26-8-17/h5-9,13-15,31H,10-12H2,1-4H3,(H,27,30)(H,29,33)/t14-,15+. The molecule has 3 aromatic heterocycles. The number of pyridine rings is 1. The van der Waals surface area contributed by atoms with Gasteiger partial charge in [0.05, 0.1) is 49.5 Å². The van der Waals surface area contributed by atoms with Gasteiger partial charge in [0.25, 0.3) is 5.91 Å². The summed E-state index contributed by atoms with van der Waals surface area (Å²) in [5.41, 5.74) is 3.04. The molecule has 12 nitrogen and oxygen atoms in total. The van der Waals surface area contributed by atoms with Gasteiger partial charge in [-0.15, -0.1) is 11.3 Å². The molecule has 0 saturated carbocycles. The van der Waals surface area contributed by atoms with Gasteiger partial charge in [-0.2, -0.15) is 5.10 Å². The first-order chi connectivity index (χ1) is 18.6. The first-order valence-electron chi connectivity index (χ1n) is 12.2. The lowest BCUT2D eigenvalue weighted by Gasteiger charge is -2.34. The van der Waals surface area contributed by atoms with Crippen molar-refractivity contribution in [2.45, 2.75) is 32.6 Å². The van der Waals surface area contributed by atoms with Crippen molar-refractivity contribution < 1.29 is 22.7 Å². The fraction of sp³-hybridized carbons (Fsp3) is 0.360. The monoisotopic (exact) mass is 571 g/mol. The van der Waals surface area contributed by atoms with Crippen LogP contribution in [-0.4, -0.2) is 78.1 Å². The third-order valence-electron chi connectivity index (χ3n) is 6.12. The smallest absolute Gasteiger partial charge is 0.275 e. The van der Waals surface area contributed by atoms with Crippen LogP contribution < -0.4 is 14.8 Å². The third kappa shape index (κ3) is 6.36. The number of H-pyrrole nitrogens is 1. The average molecular weight is 572 g/mol. The number of thiazole rings is 1. The molecule has 2 atom stereocenters. The molecule has 4 aromatic rings. The Morgan fingerprint density at radius 2 is 1.92 bits per heavy atom. The van der Waals surface area contributed by atoms with Crippen molar-refractivity contribution in [3.63, 3.8) is 0 Å². The fourth-order valence-corrected chi connectivity index (χ4v) is 6.01. The number of methoxy groups -OCH3 is 1. The molecule has 0 bridgehead atoms. The summed E-state index contributed by atoms with van der Waals surface area (Å²) in [7, 11) is -2.15. The van der Waals surface area contributed by atoms with Crippen molar-refractivity contribution in [2.75, 3.05) is 36.5 Å². The Bertz CT molecular complexity index is 1610. The normalized spacial score (nSPS) is 18.3. The van der Waals surface area contributed by atoms with E-state index in [1.165, 1.54) is 18.4 Å². The lowest BCUT2D eigenvalue weighted by atomic mass is 10.0. The number of nitrogens with one attached hydrogen (secondary N) is 3. The van der Waals surface area contributed by atoms with E-state index in [1.54, 1.807) is 29.9 Å². The van der Waals surface area contributed by atoms with E-state index < -0.39 is 10.0 Å². The highest BCUT2D eigenvalue weighted by Gasteiger charge is 2.23. The zero-order chi connectivity index (χ0) is 27.7. The van der Waals surface area contributed by atoms with E-state index in [2.05, 4.69) is 49.0 Å². The van der Waals surface area contributed by atoms with E-state index in [1.807, 2.05) is 6.07 Å². The number of rotatable bonds is 8. The maximum atomic E-state index is 13.2. The molecule has 1 aliphatic heterocycles. The average Bonchev–Trinajstić information content (AvgIpc) is 3.52. The molecule has 4 heterocycles. The van der Waals surface area contributed by atoms with Crippen LogP contribution in [0.5, 0.6) is 5.88 Å². The van der Waals surface area contributed by atoms with Gasteiger partial charge in [-0.25, -0.2) is 18.4 Å². The Kier molecular flexibility index (Phi) is 7.53. The van der Waals surface area contributed by atoms with Crippen molar-refractivity contribution >= 4 is 49.5 Å². The topological polar surface area (TPSA) is 151 Å². The molecule has 0 aliphatic carbocycles. The molecule has 5 rings (SSSR count). The number of carbonyl (C=O) groups excluding carboxylic acids is 1. The molecule has 39 heavy (non-hydrogen) atoms. The number of morpholine rings is 1. The van der Waals surface area contributed by atoms with Gasteiger partial charge >= 0.3 is 0 Å². The fourth-order valence-electron chi connectivity index (χ4n) is 4.65. The lowest BCUT2D eigenvalue weighted by molar-refractivity contribution is -0.0705. The summed E-state index contributed by atoms with van der Waals surface area (Å²) in [6.45, 7) is 6.40.